The number of halogens is 1. The van der Waals surface area contributed by atoms with Crippen molar-refractivity contribution in [2.45, 2.75) is 52.4 Å². The first-order valence-electron chi connectivity index (χ1n) is 9.35. The molecule has 1 N–H and O–H groups in total. The highest BCUT2D eigenvalue weighted by atomic mass is 19.1. The first-order valence-corrected chi connectivity index (χ1v) is 9.35. The van der Waals surface area contributed by atoms with Crippen LogP contribution in [0.4, 0.5) is 4.39 Å². The predicted octanol–water partition coefficient (Wildman–Crippen LogP) is 6.34. The fourth-order valence-electron chi connectivity index (χ4n) is 4.01. The second-order valence-corrected chi connectivity index (χ2v) is 7.97. The average molecular weight is 351 g/mol. The summed E-state index contributed by atoms with van der Waals surface area (Å²) in [7, 11) is 0. The maximum Gasteiger partial charge on any atom is 0.150 e. The van der Waals surface area contributed by atoms with Crippen molar-refractivity contribution in [3.05, 3.63) is 58.9 Å². The molecule has 0 bridgehead atoms. The largest absolute Gasteiger partial charge is 0.305 e. The first-order chi connectivity index (χ1) is 12.4. The van der Waals surface area contributed by atoms with E-state index >= 15 is 0 Å². The topological polar surface area (TPSA) is 40.9 Å². The number of carbonyl (C=O) groups is 1. The highest BCUT2D eigenvalue weighted by Gasteiger charge is 2.28. The van der Waals surface area contributed by atoms with E-state index in [1.165, 1.54) is 25.3 Å². The number of nitrogens with one attached hydrogen (secondary N) is 1. The van der Waals surface area contributed by atoms with Gasteiger partial charge in [0.15, 0.2) is 0 Å². The van der Waals surface area contributed by atoms with E-state index in [0.717, 1.165) is 30.3 Å². The molecule has 3 heteroatoms. The maximum absolute atomic E-state index is 14.4. The van der Waals surface area contributed by atoms with Crippen LogP contribution in [0, 0.1) is 23.6 Å². The summed E-state index contributed by atoms with van der Waals surface area (Å²) in [4.78, 5) is 11.4. The van der Waals surface area contributed by atoms with Crippen LogP contribution in [0.1, 0.15) is 66.9 Å². The Morgan fingerprint density at radius 3 is 2.54 bits per heavy atom. The zero-order valence-electron chi connectivity index (χ0n) is 15.6. The van der Waals surface area contributed by atoms with Crippen molar-refractivity contribution in [1.29, 1.82) is 5.41 Å². The van der Waals surface area contributed by atoms with Gasteiger partial charge in [-0.2, -0.15) is 0 Å². The first kappa shape index (κ1) is 18.5. The lowest BCUT2D eigenvalue weighted by atomic mass is 9.72. The molecular formula is C23H26FNO. The number of aryl methyl sites for hydroxylation is 1. The number of rotatable bonds is 5. The average Bonchev–Trinajstić information content (AvgIpc) is 2.61. The second-order valence-electron chi connectivity index (χ2n) is 7.97. The molecule has 0 spiro atoms. The molecule has 0 unspecified atom stereocenters. The molecule has 0 aliphatic heterocycles. The Labute approximate surface area is 155 Å². The molecule has 1 fully saturated rings. The van der Waals surface area contributed by atoms with Gasteiger partial charge in [0.25, 0.3) is 0 Å². The summed E-state index contributed by atoms with van der Waals surface area (Å²) < 4.78 is 14.4. The lowest BCUT2D eigenvalue weighted by Gasteiger charge is -2.33. The van der Waals surface area contributed by atoms with Crippen molar-refractivity contribution >= 4 is 12.0 Å². The van der Waals surface area contributed by atoms with Crippen LogP contribution in [0.2, 0.25) is 0 Å². The zero-order chi connectivity index (χ0) is 18.7. The van der Waals surface area contributed by atoms with Gasteiger partial charge in [0, 0.05) is 16.8 Å². The van der Waals surface area contributed by atoms with Crippen molar-refractivity contribution < 1.29 is 9.18 Å². The minimum atomic E-state index is -0.301. The zero-order valence-corrected chi connectivity index (χ0v) is 15.6. The van der Waals surface area contributed by atoms with Gasteiger partial charge in [0.2, 0.25) is 0 Å². The third-order valence-corrected chi connectivity index (χ3v) is 5.54. The lowest BCUT2D eigenvalue weighted by Crippen LogP contribution is -2.24. The van der Waals surface area contributed by atoms with E-state index in [-0.39, 0.29) is 11.2 Å². The van der Waals surface area contributed by atoms with Crippen molar-refractivity contribution in [3.63, 3.8) is 0 Å². The molecule has 1 aliphatic carbocycles. The van der Waals surface area contributed by atoms with Gasteiger partial charge in [-0.25, -0.2) is 4.39 Å². The Morgan fingerprint density at radius 1 is 1.15 bits per heavy atom. The Kier molecular flexibility index (Phi) is 5.36. The van der Waals surface area contributed by atoms with Crippen LogP contribution in [0.25, 0.3) is 11.1 Å². The summed E-state index contributed by atoms with van der Waals surface area (Å²) in [6, 6.07) is 10.4. The summed E-state index contributed by atoms with van der Waals surface area (Å²) in [5.41, 5.74) is 3.87. The summed E-state index contributed by atoms with van der Waals surface area (Å²) in [5, 5.41) is 8.60. The quantitative estimate of drug-likeness (QED) is 0.495. The van der Waals surface area contributed by atoms with Crippen LogP contribution in [0.3, 0.4) is 0 Å². The van der Waals surface area contributed by atoms with Crippen LogP contribution < -0.4 is 0 Å². The third-order valence-electron chi connectivity index (χ3n) is 5.54. The van der Waals surface area contributed by atoms with Gasteiger partial charge >= 0.3 is 0 Å². The molecular weight excluding hydrogens is 325 g/mol. The van der Waals surface area contributed by atoms with Gasteiger partial charge in [-0.1, -0.05) is 38.3 Å². The molecule has 0 saturated heterocycles. The van der Waals surface area contributed by atoms with Crippen molar-refractivity contribution in [1.82, 2.24) is 0 Å². The van der Waals surface area contributed by atoms with E-state index in [0.29, 0.717) is 28.8 Å². The minimum Gasteiger partial charge on any atom is -0.305 e. The van der Waals surface area contributed by atoms with E-state index in [1.54, 1.807) is 18.2 Å². The van der Waals surface area contributed by atoms with E-state index < -0.39 is 0 Å². The predicted molar refractivity (Wildman–Crippen MR) is 105 cm³/mol. The maximum atomic E-state index is 14.4. The third kappa shape index (κ3) is 4.09. The van der Waals surface area contributed by atoms with Gasteiger partial charge in [0.05, 0.1) is 0 Å². The van der Waals surface area contributed by atoms with Gasteiger partial charge in [-0.15, -0.1) is 0 Å². The van der Waals surface area contributed by atoms with Crippen molar-refractivity contribution in [2.75, 3.05) is 0 Å². The smallest absolute Gasteiger partial charge is 0.150 e. The standard InChI is InChI=1S/C23H26FNO/c1-16-6-7-20(21(24)10-16)18-11-17(15-26)12-19(13-18)22(25)14-23(2)8-4-3-5-9-23/h6-7,10-13,15,25H,3-5,8-9,14H2,1-2H3. The molecule has 2 nitrogen and oxygen atoms in total. The Bertz CT molecular complexity index is 834. The van der Waals surface area contributed by atoms with Crippen LogP contribution in [-0.2, 0) is 0 Å². The molecule has 1 aliphatic rings. The summed E-state index contributed by atoms with van der Waals surface area (Å²) in [6.45, 7) is 4.10. The number of carbonyl (C=O) groups excluding carboxylic acids is 1. The van der Waals surface area contributed by atoms with E-state index in [9.17, 15) is 9.18 Å². The van der Waals surface area contributed by atoms with Gasteiger partial charge in [-0.05, 0) is 72.6 Å². The van der Waals surface area contributed by atoms with Crippen LogP contribution >= 0.6 is 0 Å². The van der Waals surface area contributed by atoms with Gasteiger partial charge in [-0.3, -0.25) is 4.79 Å². The molecule has 2 aromatic rings. The molecule has 0 heterocycles. The number of benzene rings is 2. The normalized spacial score (nSPS) is 16.3. The van der Waals surface area contributed by atoms with E-state index in [4.69, 9.17) is 5.41 Å². The highest BCUT2D eigenvalue weighted by Crippen LogP contribution is 2.39. The summed E-state index contributed by atoms with van der Waals surface area (Å²) in [6.07, 6.45) is 7.47. The molecule has 136 valence electrons. The fourth-order valence-corrected chi connectivity index (χ4v) is 4.01. The van der Waals surface area contributed by atoms with E-state index in [2.05, 4.69) is 6.92 Å². The number of aldehydes is 1. The minimum absolute atomic E-state index is 0.155. The molecule has 0 radical (unpaired) electrons. The number of hydrogen-bond acceptors (Lipinski definition) is 2. The monoisotopic (exact) mass is 351 g/mol. The SMILES string of the molecule is Cc1ccc(-c2cc(C=O)cc(C(=N)CC3(C)CCCCC3)c2)c(F)c1. The molecule has 0 amide bonds. The van der Waals surface area contributed by atoms with Crippen LogP contribution in [-0.4, -0.2) is 12.0 Å². The Hall–Kier alpha value is -2.29. The van der Waals surface area contributed by atoms with Gasteiger partial charge < -0.3 is 5.41 Å². The summed E-state index contributed by atoms with van der Waals surface area (Å²) in [5.74, 6) is -0.301. The molecule has 1 saturated carbocycles. The molecule has 0 aromatic heterocycles. The van der Waals surface area contributed by atoms with E-state index in [1.807, 2.05) is 19.1 Å². The fraction of sp³-hybridized carbons (Fsp3) is 0.391. The molecule has 26 heavy (non-hydrogen) atoms. The highest BCUT2D eigenvalue weighted by molar-refractivity contribution is 6.01. The van der Waals surface area contributed by atoms with Crippen LogP contribution in [0.5, 0.6) is 0 Å². The van der Waals surface area contributed by atoms with Crippen molar-refractivity contribution in [2.24, 2.45) is 5.41 Å². The lowest BCUT2D eigenvalue weighted by molar-refractivity contribution is 0.112. The van der Waals surface area contributed by atoms with Gasteiger partial charge in [0.1, 0.15) is 12.1 Å². The molecule has 0 atom stereocenters. The molecule has 2 aromatic carbocycles. The Balaban J connectivity index is 1.94. The Morgan fingerprint density at radius 2 is 1.88 bits per heavy atom. The van der Waals surface area contributed by atoms with Crippen LogP contribution in [0.15, 0.2) is 36.4 Å². The number of hydrogen-bond donors (Lipinski definition) is 1. The summed E-state index contributed by atoms with van der Waals surface area (Å²) >= 11 is 0. The molecule has 3 rings (SSSR count). The second kappa shape index (κ2) is 7.53. The van der Waals surface area contributed by atoms with Crippen molar-refractivity contribution in [3.8, 4) is 11.1 Å².